The standard InChI is InChI=1S/C13H17N7O4S/c1-17-10(20(23)24)8-14-11(17)12-16-15-9(25-12)2-3-18-4-6-19(7-5-18)13(21)22/h8H,2-7H2,1H3,(H,21,22). The van der Waals surface area contributed by atoms with Gasteiger partial charge in [0.1, 0.15) is 11.2 Å². The van der Waals surface area contributed by atoms with Crippen LogP contribution < -0.4 is 0 Å². The van der Waals surface area contributed by atoms with Crippen LogP contribution in [0.25, 0.3) is 10.8 Å². The van der Waals surface area contributed by atoms with E-state index in [1.807, 2.05) is 0 Å². The molecule has 0 radical (unpaired) electrons. The van der Waals surface area contributed by atoms with Gasteiger partial charge in [-0.3, -0.25) is 4.90 Å². The fourth-order valence-corrected chi connectivity index (χ4v) is 3.49. The number of nitrogens with zero attached hydrogens (tertiary/aromatic N) is 7. The number of hydrogen-bond acceptors (Lipinski definition) is 8. The Hall–Kier alpha value is -2.60. The molecule has 1 aliphatic rings. The van der Waals surface area contributed by atoms with Crippen LogP contribution in [-0.2, 0) is 13.5 Å². The first-order valence-electron chi connectivity index (χ1n) is 7.65. The summed E-state index contributed by atoms with van der Waals surface area (Å²) in [6.07, 6.45) is 1.02. The highest BCUT2D eigenvalue weighted by molar-refractivity contribution is 7.14. The zero-order valence-corrected chi connectivity index (χ0v) is 14.3. The molecule has 0 bridgehead atoms. The van der Waals surface area contributed by atoms with Crippen LogP contribution in [0.5, 0.6) is 0 Å². The van der Waals surface area contributed by atoms with Crippen LogP contribution >= 0.6 is 11.3 Å². The summed E-state index contributed by atoms with van der Waals surface area (Å²) in [4.78, 5) is 28.9. The Morgan fingerprint density at radius 3 is 2.68 bits per heavy atom. The van der Waals surface area contributed by atoms with Crippen molar-refractivity contribution in [2.45, 2.75) is 6.42 Å². The summed E-state index contributed by atoms with van der Waals surface area (Å²) in [5.41, 5.74) is 0. The van der Waals surface area contributed by atoms with Crippen LogP contribution in [0.15, 0.2) is 6.20 Å². The molecule has 0 saturated carbocycles. The largest absolute Gasteiger partial charge is 0.465 e. The first-order valence-corrected chi connectivity index (χ1v) is 8.46. The molecular formula is C13H17N7O4S. The van der Waals surface area contributed by atoms with Crippen molar-refractivity contribution in [3.63, 3.8) is 0 Å². The van der Waals surface area contributed by atoms with Crippen LogP contribution in [0.2, 0.25) is 0 Å². The Labute approximate surface area is 146 Å². The second-order valence-electron chi connectivity index (χ2n) is 5.62. The van der Waals surface area contributed by atoms with E-state index in [0.29, 0.717) is 43.4 Å². The fourth-order valence-electron chi connectivity index (χ4n) is 2.63. The summed E-state index contributed by atoms with van der Waals surface area (Å²) in [6, 6.07) is 0. The minimum atomic E-state index is -0.877. The Morgan fingerprint density at radius 1 is 1.36 bits per heavy atom. The van der Waals surface area contributed by atoms with Crippen LogP contribution in [0.1, 0.15) is 5.01 Å². The van der Waals surface area contributed by atoms with Crippen LogP contribution in [0.4, 0.5) is 10.6 Å². The zero-order chi connectivity index (χ0) is 18.0. The fraction of sp³-hybridized carbons (Fsp3) is 0.538. The van der Waals surface area contributed by atoms with E-state index in [4.69, 9.17) is 5.11 Å². The average Bonchev–Trinajstić information content (AvgIpc) is 3.19. The van der Waals surface area contributed by atoms with Gasteiger partial charge in [-0.2, -0.15) is 0 Å². The lowest BCUT2D eigenvalue weighted by molar-refractivity contribution is -0.391. The van der Waals surface area contributed by atoms with Gasteiger partial charge in [0.15, 0.2) is 0 Å². The van der Waals surface area contributed by atoms with E-state index in [9.17, 15) is 14.9 Å². The van der Waals surface area contributed by atoms with Gasteiger partial charge >= 0.3 is 11.9 Å². The molecule has 0 spiro atoms. The van der Waals surface area contributed by atoms with Gasteiger partial charge in [-0.05, 0) is 4.92 Å². The number of hydrogen-bond donors (Lipinski definition) is 1. The lowest BCUT2D eigenvalue weighted by Gasteiger charge is -2.32. The molecule has 134 valence electrons. The minimum absolute atomic E-state index is 0.0944. The molecule has 0 atom stereocenters. The van der Waals surface area contributed by atoms with Gasteiger partial charge in [-0.25, -0.2) is 14.3 Å². The molecule has 1 fully saturated rings. The highest BCUT2D eigenvalue weighted by atomic mass is 32.1. The van der Waals surface area contributed by atoms with Gasteiger partial charge in [0, 0.05) is 39.1 Å². The second kappa shape index (κ2) is 7.11. The lowest BCUT2D eigenvalue weighted by Crippen LogP contribution is -2.48. The van der Waals surface area contributed by atoms with Gasteiger partial charge in [0.05, 0.1) is 7.05 Å². The third kappa shape index (κ3) is 3.74. The number of piperazine rings is 1. The van der Waals surface area contributed by atoms with E-state index >= 15 is 0 Å². The topological polar surface area (TPSA) is 131 Å². The molecule has 3 heterocycles. The molecule has 2 aromatic heterocycles. The summed E-state index contributed by atoms with van der Waals surface area (Å²) < 4.78 is 1.38. The molecule has 2 aromatic rings. The smallest absolute Gasteiger partial charge is 0.407 e. The molecule has 11 nitrogen and oxygen atoms in total. The average molecular weight is 367 g/mol. The van der Waals surface area contributed by atoms with E-state index < -0.39 is 11.0 Å². The number of carbonyl (C=O) groups is 1. The molecule has 1 N–H and O–H groups in total. The van der Waals surface area contributed by atoms with Gasteiger partial charge in [0.2, 0.25) is 5.01 Å². The molecule has 25 heavy (non-hydrogen) atoms. The molecule has 1 aliphatic heterocycles. The number of carboxylic acid groups (broad SMARTS) is 1. The molecule has 0 aromatic carbocycles. The Balaban J connectivity index is 1.58. The molecular weight excluding hydrogens is 350 g/mol. The Morgan fingerprint density at radius 2 is 2.08 bits per heavy atom. The summed E-state index contributed by atoms with van der Waals surface area (Å²) in [7, 11) is 1.57. The number of imidazole rings is 1. The first kappa shape index (κ1) is 17.2. The summed E-state index contributed by atoms with van der Waals surface area (Å²) in [5, 5.41) is 29.4. The molecule has 3 rings (SSSR count). The first-order chi connectivity index (χ1) is 12.0. The third-order valence-corrected chi connectivity index (χ3v) is 5.07. The monoisotopic (exact) mass is 367 g/mol. The van der Waals surface area contributed by atoms with Crippen molar-refractivity contribution in [1.82, 2.24) is 29.5 Å². The number of amides is 1. The third-order valence-electron chi connectivity index (χ3n) is 4.09. The predicted molar refractivity (Wildman–Crippen MR) is 88.5 cm³/mol. The maximum atomic E-state index is 10.9. The van der Waals surface area contributed by atoms with Crippen LogP contribution in [-0.4, -0.2) is 78.4 Å². The lowest BCUT2D eigenvalue weighted by atomic mass is 10.3. The normalized spacial score (nSPS) is 15.5. The maximum absolute atomic E-state index is 10.9. The van der Waals surface area contributed by atoms with Crippen molar-refractivity contribution < 1.29 is 14.8 Å². The van der Waals surface area contributed by atoms with Crippen molar-refractivity contribution in [2.24, 2.45) is 7.05 Å². The highest BCUT2D eigenvalue weighted by Gasteiger charge is 2.23. The second-order valence-corrected chi connectivity index (χ2v) is 6.68. The van der Waals surface area contributed by atoms with Crippen molar-refractivity contribution >= 4 is 23.2 Å². The van der Waals surface area contributed by atoms with Crippen molar-refractivity contribution in [3.8, 4) is 10.8 Å². The SMILES string of the molecule is Cn1c([N+](=O)[O-])cnc1-c1nnc(CCN2CCN(C(=O)O)CC2)s1. The Kier molecular flexibility index (Phi) is 4.90. The molecule has 1 saturated heterocycles. The number of rotatable bonds is 5. The summed E-state index contributed by atoms with van der Waals surface area (Å²) in [6.45, 7) is 3.18. The number of aromatic nitrogens is 4. The highest BCUT2D eigenvalue weighted by Crippen LogP contribution is 2.25. The summed E-state index contributed by atoms with van der Waals surface area (Å²) in [5.74, 6) is 0.327. The maximum Gasteiger partial charge on any atom is 0.407 e. The summed E-state index contributed by atoms with van der Waals surface area (Å²) >= 11 is 1.36. The predicted octanol–water partition coefficient (Wildman–Crippen LogP) is 0.685. The van der Waals surface area contributed by atoms with E-state index in [0.717, 1.165) is 11.6 Å². The van der Waals surface area contributed by atoms with Crippen molar-refractivity contribution in [2.75, 3.05) is 32.7 Å². The number of nitro groups is 1. The Bertz CT molecular complexity index is 781. The van der Waals surface area contributed by atoms with Gasteiger partial charge in [-0.15, -0.1) is 10.2 Å². The quantitative estimate of drug-likeness (QED) is 0.603. The molecule has 1 amide bonds. The molecule has 12 heteroatoms. The molecule has 0 unspecified atom stereocenters. The van der Waals surface area contributed by atoms with Crippen molar-refractivity contribution in [1.29, 1.82) is 0 Å². The van der Waals surface area contributed by atoms with Crippen LogP contribution in [0.3, 0.4) is 0 Å². The van der Waals surface area contributed by atoms with Gasteiger partial charge in [-0.1, -0.05) is 11.3 Å². The zero-order valence-electron chi connectivity index (χ0n) is 13.5. The van der Waals surface area contributed by atoms with E-state index in [1.165, 1.54) is 27.0 Å². The minimum Gasteiger partial charge on any atom is -0.465 e. The molecule has 0 aliphatic carbocycles. The van der Waals surface area contributed by atoms with Gasteiger partial charge in [0.25, 0.3) is 5.82 Å². The van der Waals surface area contributed by atoms with E-state index in [1.54, 1.807) is 7.05 Å². The van der Waals surface area contributed by atoms with E-state index in [2.05, 4.69) is 20.1 Å². The van der Waals surface area contributed by atoms with Crippen LogP contribution in [0, 0.1) is 10.1 Å². The van der Waals surface area contributed by atoms with E-state index in [-0.39, 0.29) is 5.82 Å². The van der Waals surface area contributed by atoms with Crippen molar-refractivity contribution in [3.05, 3.63) is 21.3 Å². The van der Waals surface area contributed by atoms with Gasteiger partial charge < -0.3 is 20.1 Å².